The lowest BCUT2D eigenvalue weighted by atomic mass is 10.2. The van der Waals surface area contributed by atoms with Crippen LogP contribution in [0, 0.1) is 13.8 Å². The number of thioether (sulfide) groups is 1. The third-order valence-electron chi connectivity index (χ3n) is 6.12. The molecule has 0 amide bonds. The van der Waals surface area contributed by atoms with Crippen LogP contribution in [0.2, 0.25) is 0 Å². The molecule has 0 aliphatic carbocycles. The number of carbonyl (C=O) groups excluding carboxylic acids is 1. The molecule has 4 heterocycles. The fraction of sp³-hybridized carbons (Fsp3) is 0.308. The molecule has 180 valence electrons. The van der Waals surface area contributed by atoms with Crippen LogP contribution in [0.15, 0.2) is 66.0 Å². The van der Waals surface area contributed by atoms with Gasteiger partial charge in [0.15, 0.2) is 10.9 Å². The van der Waals surface area contributed by atoms with E-state index < -0.39 is 0 Å². The van der Waals surface area contributed by atoms with Gasteiger partial charge in [-0.3, -0.25) is 9.36 Å². The van der Waals surface area contributed by atoms with Crippen LogP contribution in [-0.4, -0.2) is 62.2 Å². The van der Waals surface area contributed by atoms with Crippen molar-refractivity contribution in [1.29, 1.82) is 0 Å². The molecule has 0 saturated carbocycles. The molecular formula is C26H28N6O2S. The molecule has 0 spiro atoms. The minimum atomic E-state index is 0.0625. The number of benzene rings is 1. The lowest BCUT2D eigenvalue weighted by Gasteiger charge is -2.28. The zero-order valence-electron chi connectivity index (χ0n) is 19.9. The van der Waals surface area contributed by atoms with Crippen LogP contribution in [0.25, 0.3) is 5.82 Å². The quantitative estimate of drug-likeness (QED) is 0.275. The van der Waals surface area contributed by atoms with Crippen LogP contribution < -0.4 is 4.90 Å². The van der Waals surface area contributed by atoms with E-state index in [1.807, 2.05) is 60.9 Å². The van der Waals surface area contributed by atoms with Crippen molar-refractivity contribution in [3.63, 3.8) is 0 Å². The maximum atomic E-state index is 13.3. The van der Waals surface area contributed by atoms with Crippen LogP contribution in [0.5, 0.6) is 0 Å². The number of anilines is 1. The summed E-state index contributed by atoms with van der Waals surface area (Å²) in [5.74, 6) is 1.97. The summed E-state index contributed by atoms with van der Waals surface area (Å²) in [6.45, 7) is 7.50. The summed E-state index contributed by atoms with van der Waals surface area (Å²) in [6, 6.07) is 18.0. The molecule has 0 N–H and O–H groups in total. The first-order valence-electron chi connectivity index (χ1n) is 11.7. The highest BCUT2D eigenvalue weighted by Crippen LogP contribution is 2.26. The van der Waals surface area contributed by atoms with Crippen molar-refractivity contribution in [3.8, 4) is 5.82 Å². The Morgan fingerprint density at radius 2 is 1.80 bits per heavy atom. The number of ketones is 1. The molecule has 0 radical (unpaired) electrons. The molecule has 1 fully saturated rings. The number of morpholine rings is 1. The van der Waals surface area contributed by atoms with Crippen molar-refractivity contribution in [2.45, 2.75) is 25.5 Å². The van der Waals surface area contributed by atoms with Gasteiger partial charge in [0.1, 0.15) is 5.82 Å². The van der Waals surface area contributed by atoms with Gasteiger partial charge in [0.2, 0.25) is 5.95 Å². The maximum absolute atomic E-state index is 13.3. The molecule has 1 aromatic carbocycles. The first-order chi connectivity index (χ1) is 17.1. The van der Waals surface area contributed by atoms with Crippen LogP contribution in [0.4, 0.5) is 5.95 Å². The minimum Gasteiger partial charge on any atom is -0.378 e. The van der Waals surface area contributed by atoms with Crippen LogP contribution >= 0.6 is 11.8 Å². The first-order valence-corrected chi connectivity index (χ1v) is 12.7. The standard InChI is InChI=1S/C26H28N6O2S/c1-19-16-22(20(2)32(19)24-10-6-7-11-27-24)23(33)18-35-26-29-28-25(30-12-14-34-15-13-30)31(26)17-21-8-4-3-5-9-21/h3-11,16H,12-15,17-18H2,1-2H3. The number of hydrogen-bond donors (Lipinski definition) is 0. The van der Waals surface area contributed by atoms with Gasteiger partial charge in [0.25, 0.3) is 0 Å². The lowest BCUT2D eigenvalue weighted by Crippen LogP contribution is -2.38. The molecule has 3 aromatic heterocycles. The Bertz CT molecular complexity index is 1300. The number of nitrogens with zero attached hydrogens (tertiary/aromatic N) is 6. The Morgan fingerprint density at radius 1 is 1.03 bits per heavy atom. The van der Waals surface area contributed by atoms with Gasteiger partial charge in [-0.25, -0.2) is 4.98 Å². The van der Waals surface area contributed by atoms with Gasteiger partial charge >= 0.3 is 0 Å². The molecular weight excluding hydrogens is 460 g/mol. The number of aryl methyl sites for hydroxylation is 1. The number of carbonyl (C=O) groups is 1. The summed E-state index contributed by atoms with van der Waals surface area (Å²) in [5, 5.41) is 9.71. The summed E-state index contributed by atoms with van der Waals surface area (Å²) >= 11 is 1.43. The van der Waals surface area contributed by atoms with E-state index in [9.17, 15) is 4.79 Å². The highest BCUT2D eigenvalue weighted by Gasteiger charge is 2.23. The Balaban J connectivity index is 1.38. The van der Waals surface area contributed by atoms with Crippen LogP contribution in [0.1, 0.15) is 27.3 Å². The Labute approximate surface area is 209 Å². The van der Waals surface area contributed by atoms with Crippen molar-refractivity contribution in [2.24, 2.45) is 0 Å². The van der Waals surface area contributed by atoms with Crippen molar-refractivity contribution < 1.29 is 9.53 Å². The van der Waals surface area contributed by atoms with Gasteiger partial charge in [-0.05, 0) is 37.6 Å². The van der Waals surface area contributed by atoms with Crippen molar-refractivity contribution >= 4 is 23.5 Å². The summed E-state index contributed by atoms with van der Waals surface area (Å²) in [4.78, 5) is 19.9. The van der Waals surface area contributed by atoms with E-state index in [0.717, 1.165) is 47.0 Å². The molecule has 1 aliphatic heterocycles. The fourth-order valence-electron chi connectivity index (χ4n) is 4.38. The smallest absolute Gasteiger partial charge is 0.228 e. The molecule has 1 saturated heterocycles. The second kappa shape index (κ2) is 10.5. The Morgan fingerprint density at radius 3 is 2.54 bits per heavy atom. The summed E-state index contributed by atoms with van der Waals surface area (Å²) in [7, 11) is 0. The zero-order valence-corrected chi connectivity index (χ0v) is 20.7. The van der Waals surface area contributed by atoms with Gasteiger partial charge in [-0.1, -0.05) is 48.2 Å². The number of rotatable bonds is 8. The second-order valence-corrected chi connectivity index (χ2v) is 9.42. The average Bonchev–Trinajstić information content (AvgIpc) is 3.43. The summed E-state index contributed by atoms with van der Waals surface area (Å²) in [6.07, 6.45) is 1.76. The van der Waals surface area contributed by atoms with E-state index in [1.54, 1.807) is 6.20 Å². The van der Waals surface area contributed by atoms with Gasteiger partial charge in [-0.15, -0.1) is 10.2 Å². The monoisotopic (exact) mass is 488 g/mol. The number of Topliss-reactive ketones (excluding diaryl/α,β-unsaturated/α-hetero) is 1. The Hall–Kier alpha value is -3.43. The molecule has 9 heteroatoms. The number of hydrogen-bond acceptors (Lipinski definition) is 7. The van der Waals surface area contributed by atoms with Gasteiger partial charge in [0, 0.05) is 36.2 Å². The fourth-order valence-corrected chi connectivity index (χ4v) is 5.20. The predicted molar refractivity (Wildman–Crippen MR) is 137 cm³/mol. The Kier molecular flexibility index (Phi) is 6.96. The van der Waals surface area contributed by atoms with Crippen LogP contribution in [-0.2, 0) is 11.3 Å². The first kappa shape index (κ1) is 23.3. The van der Waals surface area contributed by atoms with E-state index in [-0.39, 0.29) is 11.5 Å². The molecule has 1 aliphatic rings. The summed E-state index contributed by atoms with van der Waals surface area (Å²) < 4.78 is 9.64. The summed E-state index contributed by atoms with van der Waals surface area (Å²) in [5.41, 5.74) is 3.75. The highest BCUT2D eigenvalue weighted by molar-refractivity contribution is 7.99. The second-order valence-electron chi connectivity index (χ2n) is 8.47. The molecule has 0 unspecified atom stereocenters. The topological polar surface area (TPSA) is 78.1 Å². The number of ether oxygens (including phenoxy) is 1. The van der Waals surface area contributed by atoms with E-state index in [4.69, 9.17) is 4.74 Å². The predicted octanol–water partition coefficient (Wildman–Crippen LogP) is 3.94. The van der Waals surface area contributed by atoms with Crippen molar-refractivity contribution in [3.05, 3.63) is 83.3 Å². The molecule has 0 atom stereocenters. The molecule has 35 heavy (non-hydrogen) atoms. The molecule has 0 bridgehead atoms. The molecule has 4 aromatic rings. The molecule has 5 rings (SSSR count). The molecule has 8 nitrogen and oxygen atoms in total. The lowest BCUT2D eigenvalue weighted by molar-refractivity contribution is 0.102. The maximum Gasteiger partial charge on any atom is 0.228 e. The van der Waals surface area contributed by atoms with E-state index in [0.29, 0.717) is 25.3 Å². The van der Waals surface area contributed by atoms with Gasteiger partial charge < -0.3 is 14.2 Å². The third-order valence-corrected chi connectivity index (χ3v) is 7.08. The van der Waals surface area contributed by atoms with Crippen molar-refractivity contribution in [1.82, 2.24) is 24.3 Å². The largest absolute Gasteiger partial charge is 0.378 e. The zero-order chi connectivity index (χ0) is 24.2. The normalized spacial score (nSPS) is 13.8. The van der Waals surface area contributed by atoms with E-state index >= 15 is 0 Å². The van der Waals surface area contributed by atoms with E-state index in [2.05, 4.69) is 36.8 Å². The highest BCUT2D eigenvalue weighted by atomic mass is 32.2. The third kappa shape index (κ3) is 5.01. The van der Waals surface area contributed by atoms with Crippen molar-refractivity contribution in [2.75, 3.05) is 37.0 Å². The SMILES string of the molecule is Cc1cc(C(=O)CSc2nnc(N3CCOCC3)n2Cc2ccccc2)c(C)n1-c1ccccn1. The number of pyridine rings is 1. The van der Waals surface area contributed by atoms with E-state index in [1.165, 1.54) is 11.8 Å². The van der Waals surface area contributed by atoms with Gasteiger partial charge in [-0.2, -0.15) is 0 Å². The van der Waals surface area contributed by atoms with Crippen LogP contribution in [0.3, 0.4) is 0 Å². The number of aromatic nitrogens is 5. The average molecular weight is 489 g/mol. The minimum absolute atomic E-state index is 0.0625. The van der Waals surface area contributed by atoms with Gasteiger partial charge in [0.05, 0.1) is 25.5 Å².